The second-order valence-corrected chi connectivity index (χ2v) is 6.54. The molecule has 0 bridgehead atoms. The number of amides is 1. The number of para-hydroxylation sites is 1. The van der Waals surface area contributed by atoms with Crippen LogP contribution in [0.25, 0.3) is 10.2 Å². The maximum atomic E-state index is 11.7. The molecule has 1 aromatic carbocycles. The first-order valence-corrected chi connectivity index (χ1v) is 7.86. The Kier molecular flexibility index (Phi) is 4.18. The van der Waals surface area contributed by atoms with Gasteiger partial charge in [-0.15, -0.1) is 21.5 Å². The highest BCUT2D eigenvalue weighted by Crippen LogP contribution is 2.21. The van der Waals surface area contributed by atoms with E-state index in [0.717, 1.165) is 20.2 Å². The topological polar surface area (TPSA) is 77.0 Å². The molecule has 1 N–H and O–H groups in total. The van der Waals surface area contributed by atoms with Gasteiger partial charge in [-0.1, -0.05) is 23.5 Å². The molecule has 2 aromatic heterocycles. The number of carbonyl (C=O) groups is 1. The van der Waals surface area contributed by atoms with Gasteiger partial charge in [-0.2, -0.15) is 0 Å². The second-order valence-electron chi connectivity index (χ2n) is 4.24. The van der Waals surface area contributed by atoms with Crippen molar-refractivity contribution in [2.45, 2.75) is 13.5 Å². The van der Waals surface area contributed by atoms with Crippen molar-refractivity contribution in [1.29, 1.82) is 0 Å². The number of nitrogens with zero attached hydrogens (tertiary/aromatic N) is 3. The molecule has 2 heterocycles. The first kappa shape index (κ1) is 14.1. The smallest absolute Gasteiger partial charge is 0.252 e. The largest absolute Gasteiger partial charge is 0.364 e. The molecule has 0 aliphatic heterocycles. The van der Waals surface area contributed by atoms with E-state index in [-0.39, 0.29) is 12.5 Å². The molecule has 21 heavy (non-hydrogen) atoms. The van der Waals surface area contributed by atoms with E-state index in [1.165, 1.54) is 11.3 Å². The van der Waals surface area contributed by atoms with E-state index in [1.54, 1.807) is 11.3 Å². The normalized spacial score (nSPS) is 10.9. The molecule has 0 atom stereocenters. The Morgan fingerprint density at radius 3 is 2.90 bits per heavy atom. The zero-order chi connectivity index (χ0) is 14.7. The summed E-state index contributed by atoms with van der Waals surface area (Å²) in [6.45, 7) is 2.12. The van der Waals surface area contributed by atoms with Crippen LogP contribution in [0.3, 0.4) is 0 Å². The molecule has 0 spiro atoms. The lowest BCUT2D eigenvalue weighted by Crippen LogP contribution is -2.18. The van der Waals surface area contributed by atoms with Crippen molar-refractivity contribution < 1.29 is 9.53 Å². The van der Waals surface area contributed by atoms with Crippen molar-refractivity contribution in [3.63, 3.8) is 0 Å². The van der Waals surface area contributed by atoms with Gasteiger partial charge in [0.1, 0.15) is 16.6 Å². The van der Waals surface area contributed by atoms with Crippen molar-refractivity contribution in [1.82, 2.24) is 15.2 Å². The van der Waals surface area contributed by atoms with Crippen LogP contribution in [0.1, 0.15) is 10.0 Å². The Hall–Kier alpha value is -1.90. The lowest BCUT2D eigenvalue weighted by atomic mass is 10.3. The number of nitrogens with one attached hydrogen (secondary N) is 1. The van der Waals surface area contributed by atoms with Gasteiger partial charge in [0.25, 0.3) is 5.91 Å². The molecule has 0 saturated carbocycles. The molecule has 108 valence electrons. The van der Waals surface area contributed by atoms with Crippen LogP contribution >= 0.6 is 22.7 Å². The maximum Gasteiger partial charge on any atom is 0.252 e. The van der Waals surface area contributed by atoms with Crippen molar-refractivity contribution in [3.8, 4) is 0 Å². The summed E-state index contributed by atoms with van der Waals surface area (Å²) in [5, 5.41) is 12.4. The zero-order valence-corrected chi connectivity index (χ0v) is 12.8. The predicted octanol–water partition coefficient (Wildman–Crippen LogP) is 2.61. The number of ether oxygens (including phenoxy) is 1. The minimum Gasteiger partial charge on any atom is -0.364 e. The van der Waals surface area contributed by atoms with E-state index in [0.29, 0.717) is 11.7 Å². The fourth-order valence-electron chi connectivity index (χ4n) is 1.72. The molecule has 0 fully saturated rings. The van der Waals surface area contributed by atoms with Crippen LogP contribution in [0.5, 0.6) is 0 Å². The molecular formula is C13H12N4O2S2. The van der Waals surface area contributed by atoms with Crippen molar-refractivity contribution >= 4 is 43.9 Å². The Labute approximate surface area is 128 Å². The summed E-state index contributed by atoms with van der Waals surface area (Å²) in [4.78, 5) is 16.1. The Bertz CT molecular complexity index is 735. The highest BCUT2D eigenvalue weighted by molar-refractivity contribution is 7.18. The predicted molar refractivity (Wildman–Crippen MR) is 82.6 cm³/mol. The van der Waals surface area contributed by atoms with Crippen molar-refractivity contribution in [2.24, 2.45) is 0 Å². The van der Waals surface area contributed by atoms with Gasteiger partial charge < -0.3 is 4.74 Å². The molecule has 3 rings (SSSR count). The van der Waals surface area contributed by atoms with E-state index in [9.17, 15) is 4.79 Å². The molecular weight excluding hydrogens is 308 g/mol. The number of hydrogen-bond donors (Lipinski definition) is 1. The summed E-state index contributed by atoms with van der Waals surface area (Å²) in [6.07, 6.45) is 0. The summed E-state index contributed by atoms with van der Waals surface area (Å²) in [5.41, 5.74) is 0.954. The number of aromatic nitrogens is 3. The summed E-state index contributed by atoms with van der Waals surface area (Å²) in [5.74, 6) is -0.243. The number of carbonyl (C=O) groups excluding carboxylic acids is 1. The Morgan fingerprint density at radius 1 is 1.29 bits per heavy atom. The molecule has 0 aliphatic carbocycles. The number of fused-ring (bicyclic) bond motifs is 1. The van der Waals surface area contributed by atoms with Crippen LogP contribution in [0.15, 0.2) is 24.3 Å². The summed E-state index contributed by atoms with van der Waals surface area (Å²) < 4.78 is 6.50. The van der Waals surface area contributed by atoms with E-state index >= 15 is 0 Å². The minimum atomic E-state index is -0.243. The monoisotopic (exact) mass is 320 g/mol. The van der Waals surface area contributed by atoms with Crippen LogP contribution in [-0.2, 0) is 16.1 Å². The van der Waals surface area contributed by atoms with Crippen LogP contribution in [-0.4, -0.2) is 27.7 Å². The van der Waals surface area contributed by atoms with Gasteiger partial charge in [-0.05, 0) is 19.1 Å². The van der Waals surface area contributed by atoms with Crippen LogP contribution in [0, 0.1) is 6.92 Å². The van der Waals surface area contributed by atoms with Gasteiger partial charge in [0.05, 0.1) is 16.8 Å². The average molecular weight is 320 g/mol. The summed E-state index contributed by atoms with van der Waals surface area (Å²) in [6, 6.07) is 7.90. The number of anilines is 1. The van der Waals surface area contributed by atoms with Gasteiger partial charge >= 0.3 is 0 Å². The van der Waals surface area contributed by atoms with E-state index in [4.69, 9.17) is 4.74 Å². The summed E-state index contributed by atoms with van der Waals surface area (Å²) >= 11 is 2.90. The fourth-order valence-corrected chi connectivity index (χ4v) is 3.23. The minimum absolute atomic E-state index is 0.0332. The number of benzene rings is 1. The molecule has 0 aliphatic rings. The van der Waals surface area contributed by atoms with Crippen LogP contribution < -0.4 is 5.32 Å². The molecule has 6 nitrogen and oxygen atoms in total. The fraction of sp³-hybridized carbons (Fsp3) is 0.231. The van der Waals surface area contributed by atoms with Gasteiger partial charge in [-0.25, -0.2) is 4.98 Å². The van der Waals surface area contributed by atoms with Crippen molar-refractivity contribution in [3.05, 3.63) is 34.3 Å². The molecule has 8 heteroatoms. The standard InChI is InChI=1S/C13H12N4O2S2/c1-8-16-17-13(20-8)15-11(18)6-19-7-12-14-9-4-2-3-5-10(9)21-12/h2-5H,6-7H2,1H3,(H,15,17,18). The van der Waals surface area contributed by atoms with E-state index in [2.05, 4.69) is 20.5 Å². The lowest BCUT2D eigenvalue weighted by molar-refractivity contribution is -0.121. The second kappa shape index (κ2) is 6.25. The first-order valence-electron chi connectivity index (χ1n) is 6.23. The number of aryl methyl sites for hydroxylation is 1. The van der Waals surface area contributed by atoms with Crippen molar-refractivity contribution in [2.75, 3.05) is 11.9 Å². The maximum absolute atomic E-state index is 11.7. The van der Waals surface area contributed by atoms with Gasteiger partial charge in [0.15, 0.2) is 0 Å². The lowest BCUT2D eigenvalue weighted by Gasteiger charge is -2.01. The van der Waals surface area contributed by atoms with Crippen LogP contribution in [0.2, 0.25) is 0 Å². The van der Waals surface area contributed by atoms with Gasteiger partial charge in [0, 0.05) is 0 Å². The summed E-state index contributed by atoms with van der Waals surface area (Å²) in [7, 11) is 0. The molecule has 0 saturated heterocycles. The van der Waals surface area contributed by atoms with Gasteiger partial charge in [0.2, 0.25) is 5.13 Å². The van der Waals surface area contributed by atoms with Gasteiger partial charge in [-0.3, -0.25) is 10.1 Å². The molecule has 1 amide bonds. The third-order valence-corrected chi connectivity index (χ3v) is 4.33. The quantitative estimate of drug-likeness (QED) is 0.782. The third-order valence-electron chi connectivity index (χ3n) is 2.57. The Balaban J connectivity index is 1.50. The number of rotatable bonds is 5. The van der Waals surface area contributed by atoms with Crippen LogP contribution in [0.4, 0.5) is 5.13 Å². The molecule has 3 aromatic rings. The molecule has 0 unspecified atom stereocenters. The SMILES string of the molecule is Cc1nnc(NC(=O)COCc2nc3ccccc3s2)s1. The third kappa shape index (κ3) is 3.60. The highest BCUT2D eigenvalue weighted by Gasteiger charge is 2.08. The number of hydrogen-bond acceptors (Lipinski definition) is 7. The average Bonchev–Trinajstić information content (AvgIpc) is 3.04. The molecule has 0 radical (unpaired) electrons. The zero-order valence-electron chi connectivity index (χ0n) is 11.2. The first-order chi connectivity index (χ1) is 10.2. The Morgan fingerprint density at radius 2 is 2.14 bits per heavy atom. The highest BCUT2D eigenvalue weighted by atomic mass is 32.1. The van der Waals surface area contributed by atoms with E-state index < -0.39 is 0 Å². The number of thiazole rings is 1. The van der Waals surface area contributed by atoms with E-state index in [1.807, 2.05) is 31.2 Å².